The van der Waals surface area contributed by atoms with Crippen LogP contribution < -0.4 is 20.9 Å². The van der Waals surface area contributed by atoms with Gasteiger partial charge in [-0.25, -0.2) is 10.2 Å². The molecule has 0 spiro atoms. The maximum Gasteiger partial charge on any atom is 0.337 e. The number of anilines is 1. The quantitative estimate of drug-likeness (QED) is 0.448. The second kappa shape index (κ2) is 9.95. The number of carbonyl (C=O) groups excluding carboxylic acids is 2. The molecule has 148 valence electrons. The molecule has 0 saturated carbocycles. The SMILES string of the molecule is O=C(NNC(=O)c1ccc(COc2ccccc2Br)cc1)Nc1cccc(Cl)c1. The molecule has 8 heteroatoms. The van der Waals surface area contributed by atoms with Gasteiger partial charge in [-0.15, -0.1) is 0 Å². The lowest BCUT2D eigenvalue weighted by atomic mass is 10.1. The van der Waals surface area contributed by atoms with Crippen molar-refractivity contribution in [2.75, 3.05) is 5.32 Å². The van der Waals surface area contributed by atoms with Crippen LogP contribution in [-0.2, 0) is 6.61 Å². The number of urea groups is 1. The highest BCUT2D eigenvalue weighted by Gasteiger charge is 2.08. The van der Waals surface area contributed by atoms with Gasteiger partial charge in [0.1, 0.15) is 12.4 Å². The van der Waals surface area contributed by atoms with Gasteiger partial charge in [0.05, 0.1) is 4.47 Å². The van der Waals surface area contributed by atoms with Crippen LogP contribution in [0.15, 0.2) is 77.3 Å². The van der Waals surface area contributed by atoms with Gasteiger partial charge in [-0.3, -0.25) is 10.2 Å². The zero-order chi connectivity index (χ0) is 20.6. The summed E-state index contributed by atoms with van der Waals surface area (Å²) < 4.78 is 6.62. The molecule has 0 fully saturated rings. The molecule has 0 bridgehead atoms. The Bertz CT molecular complexity index is 1010. The maximum absolute atomic E-state index is 12.2. The van der Waals surface area contributed by atoms with Crippen LogP contribution in [0.2, 0.25) is 5.02 Å². The van der Waals surface area contributed by atoms with Crippen LogP contribution in [0, 0.1) is 0 Å². The molecule has 0 saturated heterocycles. The van der Waals surface area contributed by atoms with Crippen molar-refractivity contribution >= 4 is 45.2 Å². The molecular formula is C21H17BrClN3O3. The van der Waals surface area contributed by atoms with Gasteiger partial charge in [-0.05, 0) is 64.0 Å². The van der Waals surface area contributed by atoms with E-state index < -0.39 is 11.9 Å². The van der Waals surface area contributed by atoms with Gasteiger partial charge in [0.15, 0.2) is 0 Å². The Morgan fingerprint density at radius 3 is 2.41 bits per heavy atom. The van der Waals surface area contributed by atoms with E-state index >= 15 is 0 Å². The number of hydrogen-bond donors (Lipinski definition) is 3. The molecule has 0 aromatic heterocycles. The Morgan fingerprint density at radius 2 is 1.69 bits per heavy atom. The van der Waals surface area contributed by atoms with Gasteiger partial charge in [0.25, 0.3) is 5.91 Å². The van der Waals surface area contributed by atoms with Gasteiger partial charge in [0.2, 0.25) is 0 Å². The fraction of sp³-hybridized carbons (Fsp3) is 0.0476. The van der Waals surface area contributed by atoms with E-state index in [0.29, 0.717) is 22.9 Å². The van der Waals surface area contributed by atoms with Crippen molar-refractivity contribution in [2.45, 2.75) is 6.61 Å². The monoisotopic (exact) mass is 473 g/mol. The molecule has 0 aliphatic carbocycles. The lowest BCUT2D eigenvalue weighted by Crippen LogP contribution is -2.43. The fourth-order valence-electron chi connectivity index (χ4n) is 2.39. The Kier molecular flexibility index (Phi) is 7.10. The van der Waals surface area contributed by atoms with Crippen molar-refractivity contribution in [3.63, 3.8) is 0 Å². The standard InChI is InChI=1S/C21H17BrClN3O3/c22-18-6-1-2-7-19(18)29-13-14-8-10-15(11-9-14)20(27)25-26-21(28)24-17-5-3-4-16(23)12-17/h1-12H,13H2,(H,25,27)(H2,24,26,28). The third kappa shape index (κ3) is 6.23. The van der Waals surface area contributed by atoms with Crippen LogP contribution in [0.25, 0.3) is 0 Å². The molecule has 0 atom stereocenters. The predicted octanol–water partition coefficient (Wildman–Crippen LogP) is 5.15. The Labute approximate surface area is 181 Å². The topological polar surface area (TPSA) is 79.5 Å². The molecule has 3 N–H and O–H groups in total. The number of hydrazine groups is 1. The number of nitrogens with one attached hydrogen (secondary N) is 3. The summed E-state index contributed by atoms with van der Waals surface area (Å²) in [6, 6.07) is 20.6. The zero-order valence-corrected chi connectivity index (χ0v) is 17.5. The van der Waals surface area contributed by atoms with Gasteiger partial charge in [-0.2, -0.15) is 0 Å². The average molecular weight is 475 g/mol. The summed E-state index contributed by atoms with van der Waals surface area (Å²) in [6.45, 7) is 0.366. The van der Waals surface area contributed by atoms with Crippen molar-refractivity contribution in [2.24, 2.45) is 0 Å². The molecule has 0 radical (unpaired) electrons. The predicted molar refractivity (Wildman–Crippen MR) is 116 cm³/mol. The molecule has 0 aliphatic heterocycles. The lowest BCUT2D eigenvalue weighted by Gasteiger charge is -2.10. The van der Waals surface area contributed by atoms with Crippen LogP contribution in [0.5, 0.6) is 5.75 Å². The van der Waals surface area contributed by atoms with Crippen molar-refractivity contribution in [1.82, 2.24) is 10.9 Å². The number of carbonyl (C=O) groups is 2. The number of hydrogen-bond acceptors (Lipinski definition) is 3. The van der Waals surface area contributed by atoms with Gasteiger partial charge in [0, 0.05) is 16.3 Å². The normalized spacial score (nSPS) is 10.1. The van der Waals surface area contributed by atoms with Crippen molar-refractivity contribution in [1.29, 1.82) is 0 Å². The Hall–Kier alpha value is -3.03. The number of rotatable bonds is 5. The first-order chi connectivity index (χ1) is 14.0. The molecule has 3 rings (SSSR count). The van der Waals surface area contributed by atoms with Gasteiger partial charge < -0.3 is 10.1 Å². The van der Waals surface area contributed by atoms with E-state index in [1.54, 1.807) is 48.5 Å². The summed E-state index contributed by atoms with van der Waals surface area (Å²) >= 11 is 9.29. The third-order valence-electron chi connectivity index (χ3n) is 3.82. The van der Waals surface area contributed by atoms with Crippen molar-refractivity contribution < 1.29 is 14.3 Å². The minimum Gasteiger partial charge on any atom is -0.488 e. The zero-order valence-electron chi connectivity index (χ0n) is 15.1. The minimum absolute atomic E-state index is 0.366. The highest BCUT2D eigenvalue weighted by molar-refractivity contribution is 9.10. The first-order valence-electron chi connectivity index (χ1n) is 8.60. The molecule has 3 amide bonds. The molecular weight excluding hydrogens is 458 g/mol. The number of benzene rings is 3. The largest absolute Gasteiger partial charge is 0.488 e. The third-order valence-corrected chi connectivity index (χ3v) is 4.71. The molecule has 3 aromatic carbocycles. The molecule has 0 aliphatic rings. The summed E-state index contributed by atoms with van der Waals surface area (Å²) in [5.74, 6) is 0.300. The summed E-state index contributed by atoms with van der Waals surface area (Å²) in [5.41, 5.74) is 6.46. The first kappa shape index (κ1) is 20.7. The van der Waals surface area contributed by atoms with E-state index in [0.717, 1.165) is 15.8 Å². The summed E-state index contributed by atoms with van der Waals surface area (Å²) in [5, 5.41) is 3.06. The number of para-hydroxylation sites is 1. The first-order valence-corrected chi connectivity index (χ1v) is 9.77. The summed E-state index contributed by atoms with van der Waals surface area (Å²) in [6.07, 6.45) is 0. The Morgan fingerprint density at radius 1 is 0.931 bits per heavy atom. The highest BCUT2D eigenvalue weighted by atomic mass is 79.9. The molecule has 0 heterocycles. The fourth-order valence-corrected chi connectivity index (χ4v) is 2.98. The molecule has 29 heavy (non-hydrogen) atoms. The van der Waals surface area contributed by atoms with E-state index in [4.69, 9.17) is 16.3 Å². The highest BCUT2D eigenvalue weighted by Crippen LogP contribution is 2.24. The van der Waals surface area contributed by atoms with Crippen LogP contribution in [0.1, 0.15) is 15.9 Å². The van der Waals surface area contributed by atoms with Gasteiger partial charge >= 0.3 is 6.03 Å². The number of halogens is 2. The molecule has 0 unspecified atom stereocenters. The minimum atomic E-state index is -0.584. The summed E-state index contributed by atoms with van der Waals surface area (Å²) in [7, 11) is 0. The van der Waals surface area contributed by atoms with E-state index in [2.05, 4.69) is 32.1 Å². The second-order valence-corrected chi connectivity index (χ2v) is 7.25. The number of ether oxygens (including phenoxy) is 1. The van der Waals surface area contributed by atoms with E-state index in [-0.39, 0.29) is 0 Å². The molecule has 6 nitrogen and oxygen atoms in total. The van der Waals surface area contributed by atoms with Crippen LogP contribution in [0.3, 0.4) is 0 Å². The van der Waals surface area contributed by atoms with Crippen LogP contribution in [0.4, 0.5) is 10.5 Å². The van der Waals surface area contributed by atoms with E-state index in [1.807, 2.05) is 24.3 Å². The average Bonchev–Trinajstić information content (AvgIpc) is 2.72. The number of amides is 3. The van der Waals surface area contributed by atoms with E-state index in [9.17, 15) is 9.59 Å². The maximum atomic E-state index is 12.2. The second-order valence-electron chi connectivity index (χ2n) is 5.96. The van der Waals surface area contributed by atoms with Gasteiger partial charge in [-0.1, -0.05) is 41.9 Å². The Balaban J connectivity index is 1.48. The van der Waals surface area contributed by atoms with Crippen molar-refractivity contribution in [3.05, 3.63) is 93.4 Å². The molecule has 3 aromatic rings. The smallest absolute Gasteiger partial charge is 0.337 e. The van der Waals surface area contributed by atoms with E-state index in [1.165, 1.54) is 0 Å². The lowest BCUT2D eigenvalue weighted by molar-refractivity contribution is 0.0938. The van der Waals surface area contributed by atoms with Crippen molar-refractivity contribution in [3.8, 4) is 5.75 Å². The van der Waals surface area contributed by atoms with Crippen LogP contribution >= 0.6 is 27.5 Å². The summed E-state index contributed by atoms with van der Waals surface area (Å²) in [4.78, 5) is 24.0. The van der Waals surface area contributed by atoms with Crippen LogP contribution in [-0.4, -0.2) is 11.9 Å².